The molecule has 1 saturated heterocycles. The first-order valence-electron chi connectivity index (χ1n) is 6.73. The van der Waals surface area contributed by atoms with E-state index in [2.05, 4.69) is 5.32 Å². The molecule has 0 bridgehead atoms. The van der Waals surface area contributed by atoms with Crippen LogP contribution < -0.4 is 5.32 Å². The van der Waals surface area contributed by atoms with E-state index in [-0.39, 0.29) is 24.5 Å². The quantitative estimate of drug-likeness (QED) is 0.640. The predicted octanol–water partition coefficient (Wildman–Crippen LogP) is -0.828. The molecule has 0 aromatic rings. The van der Waals surface area contributed by atoms with Crippen LogP contribution in [-0.2, 0) is 19.6 Å². The van der Waals surface area contributed by atoms with Crippen LogP contribution in [0.5, 0.6) is 0 Å². The molecular weight excluding hydrogens is 284 g/mol. The third kappa shape index (κ3) is 5.35. The highest BCUT2D eigenvalue weighted by Gasteiger charge is 2.29. The number of piperidine rings is 1. The molecule has 118 valence electrons. The highest BCUT2D eigenvalue weighted by Crippen LogP contribution is 2.19. The zero-order valence-electron chi connectivity index (χ0n) is 12.0. The molecule has 0 aliphatic carbocycles. The minimum atomic E-state index is -3.17. The van der Waals surface area contributed by atoms with Gasteiger partial charge in [-0.25, -0.2) is 12.7 Å². The summed E-state index contributed by atoms with van der Waals surface area (Å²) in [6.07, 6.45) is 2.68. The van der Waals surface area contributed by atoms with Crippen molar-refractivity contribution < 1.29 is 23.1 Å². The van der Waals surface area contributed by atoms with Gasteiger partial charge in [-0.2, -0.15) is 0 Å². The number of ether oxygens (including phenoxy) is 1. The van der Waals surface area contributed by atoms with Gasteiger partial charge in [-0.3, -0.25) is 4.79 Å². The molecule has 20 heavy (non-hydrogen) atoms. The average Bonchev–Trinajstić information content (AvgIpc) is 2.38. The lowest BCUT2D eigenvalue weighted by Gasteiger charge is -2.30. The van der Waals surface area contributed by atoms with Gasteiger partial charge in [-0.15, -0.1) is 0 Å². The van der Waals surface area contributed by atoms with Crippen LogP contribution in [0.25, 0.3) is 0 Å². The Morgan fingerprint density at radius 2 is 2.05 bits per heavy atom. The largest absolute Gasteiger partial charge is 0.396 e. The summed E-state index contributed by atoms with van der Waals surface area (Å²) in [7, 11) is -1.62. The van der Waals surface area contributed by atoms with Crippen LogP contribution in [0.1, 0.15) is 19.3 Å². The third-order valence-corrected chi connectivity index (χ3v) is 4.79. The molecule has 1 aliphatic heterocycles. The van der Waals surface area contributed by atoms with Gasteiger partial charge in [0, 0.05) is 32.7 Å². The lowest BCUT2D eigenvalue weighted by molar-refractivity contribution is -0.127. The van der Waals surface area contributed by atoms with Crippen LogP contribution in [0, 0.1) is 5.92 Å². The van der Waals surface area contributed by atoms with Gasteiger partial charge in [-0.05, 0) is 19.3 Å². The Kier molecular flexibility index (Phi) is 6.87. The number of carbonyl (C=O) groups excluding carboxylic acids is 1. The Morgan fingerprint density at radius 3 is 2.50 bits per heavy atom. The number of methoxy groups -OCH3 is 1. The number of nitrogens with one attached hydrogen (secondary N) is 1. The summed E-state index contributed by atoms with van der Waals surface area (Å²) in [5, 5.41) is 11.8. The van der Waals surface area contributed by atoms with E-state index in [4.69, 9.17) is 9.84 Å². The molecule has 1 amide bonds. The highest BCUT2D eigenvalue weighted by molar-refractivity contribution is 7.88. The van der Waals surface area contributed by atoms with Gasteiger partial charge < -0.3 is 15.2 Å². The fourth-order valence-corrected chi connectivity index (χ4v) is 3.20. The predicted molar refractivity (Wildman–Crippen MR) is 74.7 cm³/mol. The first-order chi connectivity index (χ1) is 9.38. The molecule has 8 heteroatoms. The topological polar surface area (TPSA) is 95.9 Å². The van der Waals surface area contributed by atoms with E-state index in [1.165, 1.54) is 10.6 Å². The molecule has 1 aliphatic rings. The number of nitrogens with zero attached hydrogens (tertiary/aromatic N) is 1. The van der Waals surface area contributed by atoms with Crippen molar-refractivity contribution in [2.75, 3.05) is 39.7 Å². The Balaban J connectivity index is 2.45. The summed E-state index contributed by atoms with van der Waals surface area (Å²) in [6.45, 7) is 1.10. The molecule has 1 atom stereocenters. The maximum Gasteiger partial charge on any atom is 0.223 e. The number of amides is 1. The van der Waals surface area contributed by atoms with Crippen molar-refractivity contribution in [1.29, 1.82) is 0 Å². The van der Waals surface area contributed by atoms with Crippen molar-refractivity contribution in [2.24, 2.45) is 5.92 Å². The molecule has 1 heterocycles. The van der Waals surface area contributed by atoms with E-state index in [0.29, 0.717) is 39.0 Å². The van der Waals surface area contributed by atoms with Crippen LogP contribution in [0.2, 0.25) is 0 Å². The molecular formula is C12H24N2O5S. The average molecular weight is 308 g/mol. The Morgan fingerprint density at radius 1 is 1.45 bits per heavy atom. The SMILES string of the molecule is COCC(CCO)NC(=O)C1CCN(S(C)(=O)=O)CC1. The molecule has 2 N–H and O–H groups in total. The molecule has 0 saturated carbocycles. The molecule has 1 unspecified atom stereocenters. The maximum absolute atomic E-state index is 12.1. The second kappa shape index (κ2) is 7.92. The van der Waals surface area contributed by atoms with Gasteiger partial charge in [0.15, 0.2) is 0 Å². The molecule has 0 aromatic heterocycles. The summed E-state index contributed by atoms with van der Waals surface area (Å²) in [5.41, 5.74) is 0. The summed E-state index contributed by atoms with van der Waals surface area (Å²) in [6, 6.07) is -0.203. The molecule has 7 nitrogen and oxygen atoms in total. The highest BCUT2D eigenvalue weighted by atomic mass is 32.2. The monoisotopic (exact) mass is 308 g/mol. The molecule has 0 aromatic carbocycles. The van der Waals surface area contributed by atoms with E-state index in [1.807, 2.05) is 0 Å². The Labute approximate surface area is 120 Å². The van der Waals surface area contributed by atoms with E-state index in [1.54, 1.807) is 7.11 Å². The van der Waals surface area contributed by atoms with Gasteiger partial charge in [0.1, 0.15) is 0 Å². The van der Waals surface area contributed by atoms with Gasteiger partial charge >= 0.3 is 0 Å². The second-order valence-corrected chi connectivity index (χ2v) is 7.09. The Bertz CT molecular complexity index is 398. The molecule has 1 fully saturated rings. The van der Waals surface area contributed by atoms with Crippen molar-refractivity contribution >= 4 is 15.9 Å². The summed E-state index contributed by atoms with van der Waals surface area (Å²) >= 11 is 0. The number of carbonyl (C=O) groups is 1. The lowest BCUT2D eigenvalue weighted by atomic mass is 9.97. The van der Waals surface area contributed by atoms with Crippen LogP contribution in [0.4, 0.5) is 0 Å². The minimum Gasteiger partial charge on any atom is -0.396 e. The van der Waals surface area contributed by atoms with Crippen LogP contribution >= 0.6 is 0 Å². The van der Waals surface area contributed by atoms with Gasteiger partial charge in [0.05, 0.1) is 18.9 Å². The molecule has 1 rings (SSSR count). The minimum absolute atomic E-state index is 0.0131. The smallest absolute Gasteiger partial charge is 0.223 e. The number of hydrogen-bond donors (Lipinski definition) is 2. The van der Waals surface area contributed by atoms with Crippen molar-refractivity contribution in [2.45, 2.75) is 25.3 Å². The zero-order chi connectivity index (χ0) is 15.2. The van der Waals surface area contributed by atoms with Gasteiger partial charge in [0.2, 0.25) is 15.9 Å². The normalized spacial score (nSPS) is 19.8. The van der Waals surface area contributed by atoms with Crippen LogP contribution in [-0.4, -0.2) is 69.4 Å². The Hall–Kier alpha value is -0.700. The van der Waals surface area contributed by atoms with Crippen molar-refractivity contribution in [1.82, 2.24) is 9.62 Å². The lowest BCUT2D eigenvalue weighted by Crippen LogP contribution is -2.46. The van der Waals surface area contributed by atoms with Crippen LogP contribution in [0.3, 0.4) is 0 Å². The van der Waals surface area contributed by atoms with Crippen molar-refractivity contribution in [3.05, 3.63) is 0 Å². The van der Waals surface area contributed by atoms with Crippen molar-refractivity contribution in [3.63, 3.8) is 0 Å². The molecule has 0 spiro atoms. The second-order valence-electron chi connectivity index (χ2n) is 5.11. The van der Waals surface area contributed by atoms with Gasteiger partial charge in [-0.1, -0.05) is 0 Å². The van der Waals surface area contributed by atoms with Crippen molar-refractivity contribution in [3.8, 4) is 0 Å². The number of aliphatic hydroxyl groups excluding tert-OH is 1. The fourth-order valence-electron chi connectivity index (χ4n) is 2.32. The van der Waals surface area contributed by atoms with Gasteiger partial charge in [0.25, 0.3) is 0 Å². The third-order valence-electron chi connectivity index (χ3n) is 3.49. The maximum atomic E-state index is 12.1. The first kappa shape index (κ1) is 17.4. The van der Waals surface area contributed by atoms with E-state index < -0.39 is 10.0 Å². The summed E-state index contributed by atoms with van der Waals surface area (Å²) < 4.78 is 29.2. The summed E-state index contributed by atoms with van der Waals surface area (Å²) in [5.74, 6) is -0.264. The summed E-state index contributed by atoms with van der Waals surface area (Å²) in [4.78, 5) is 12.1. The van der Waals surface area contributed by atoms with E-state index in [0.717, 1.165) is 0 Å². The van der Waals surface area contributed by atoms with E-state index >= 15 is 0 Å². The first-order valence-corrected chi connectivity index (χ1v) is 8.58. The fraction of sp³-hybridized carbons (Fsp3) is 0.917. The van der Waals surface area contributed by atoms with Crippen LogP contribution in [0.15, 0.2) is 0 Å². The zero-order valence-corrected chi connectivity index (χ0v) is 12.9. The number of rotatable bonds is 7. The molecule has 0 radical (unpaired) electrons. The number of aliphatic hydroxyl groups is 1. The standard InChI is InChI=1S/C12H24N2O5S/c1-19-9-11(5-8-15)13-12(16)10-3-6-14(7-4-10)20(2,17)18/h10-11,15H,3-9H2,1-2H3,(H,13,16). The van der Waals surface area contributed by atoms with E-state index in [9.17, 15) is 13.2 Å². The number of sulfonamides is 1. The number of hydrogen-bond acceptors (Lipinski definition) is 5.